The first-order chi connectivity index (χ1) is 15.8. The monoisotopic (exact) mass is 442 g/mol. The average molecular weight is 443 g/mol. The summed E-state index contributed by atoms with van der Waals surface area (Å²) in [5.41, 5.74) is 3.89. The van der Waals surface area contributed by atoms with Gasteiger partial charge in [-0.15, -0.1) is 0 Å². The highest BCUT2D eigenvalue weighted by molar-refractivity contribution is 5.79. The van der Waals surface area contributed by atoms with Gasteiger partial charge in [0.15, 0.2) is 0 Å². The number of ether oxygens (including phenoxy) is 2. The highest BCUT2D eigenvalue weighted by Gasteiger charge is 2.16. The molecule has 0 spiro atoms. The largest absolute Gasteiger partial charge is 0.497 e. The van der Waals surface area contributed by atoms with E-state index in [1.165, 1.54) is 5.56 Å². The summed E-state index contributed by atoms with van der Waals surface area (Å²) < 4.78 is 13.1. The molecule has 4 aromatic rings. The summed E-state index contributed by atoms with van der Waals surface area (Å²) in [5, 5.41) is 0.598. The lowest BCUT2D eigenvalue weighted by atomic mass is 9.86. The molecule has 0 atom stereocenters. The van der Waals surface area contributed by atoms with Crippen molar-refractivity contribution in [3.05, 3.63) is 88.2 Å². The van der Waals surface area contributed by atoms with Gasteiger partial charge in [-0.2, -0.15) is 0 Å². The predicted molar refractivity (Wildman–Crippen MR) is 133 cm³/mol. The number of benzene rings is 3. The van der Waals surface area contributed by atoms with E-state index in [1.807, 2.05) is 54.6 Å². The second-order valence-electron chi connectivity index (χ2n) is 9.22. The second kappa shape index (κ2) is 9.10. The Bertz CT molecular complexity index is 1330. The van der Waals surface area contributed by atoms with Crippen LogP contribution in [0.3, 0.4) is 0 Å². The van der Waals surface area contributed by atoms with Crippen LogP contribution in [-0.4, -0.2) is 23.3 Å². The van der Waals surface area contributed by atoms with Crippen LogP contribution >= 0.6 is 0 Å². The van der Waals surface area contributed by atoms with E-state index in [2.05, 4.69) is 39.8 Å². The topological polar surface area (TPSA) is 53.3 Å². The molecule has 3 aromatic carbocycles. The van der Waals surface area contributed by atoms with Crippen LogP contribution in [0, 0.1) is 6.92 Å². The molecule has 1 heterocycles. The van der Waals surface area contributed by atoms with Gasteiger partial charge in [0.05, 0.1) is 24.6 Å². The molecular weight excluding hydrogens is 412 g/mol. The summed E-state index contributed by atoms with van der Waals surface area (Å²) in [4.78, 5) is 18.2. The van der Waals surface area contributed by atoms with Crippen LogP contribution < -0.4 is 15.0 Å². The minimum absolute atomic E-state index is 0.0742. The van der Waals surface area contributed by atoms with Gasteiger partial charge in [-0.25, -0.2) is 4.98 Å². The van der Waals surface area contributed by atoms with Gasteiger partial charge in [0.1, 0.15) is 23.9 Å². The molecular formula is C28H30N2O3. The molecule has 5 nitrogen and oxygen atoms in total. The number of aromatic nitrogens is 2. The van der Waals surface area contributed by atoms with E-state index < -0.39 is 0 Å². The van der Waals surface area contributed by atoms with Crippen molar-refractivity contribution in [3.63, 3.8) is 0 Å². The number of hydrogen-bond acceptors (Lipinski definition) is 4. The van der Waals surface area contributed by atoms with Crippen molar-refractivity contribution in [3.8, 4) is 22.9 Å². The highest BCUT2D eigenvalue weighted by Crippen LogP contribution is 2.28. The molecule has 0 aliphatic carbocycles. The SMILES string of the molecule is COc1ccc(-c2nc3ccccc3c(=O)n2CCOc2ccc(C(C)(C)C)cc2C)cc1. The molecule has 0 aliphatic heterocycles. The van der Waals surface area contributed by atoms with Crippen LogP contribution in [0.4, 0.5) is 0 Å². The third-order valence-electron chi connectivity index (χ3n) is 5.82. The van der Waals surface area contributed by atoms with Crippen LogP contribution in [-0.2, 0) is 12.0 Å². The maximum Gasteiger partial charge on any atom is 0.261 e. The fraction of sp³-hybridized carbons (Fsp3) is 0.286. The summed E-state index contributed by atoms with van der Waals surface area (Å²) >= 11 is 0. The third kappa shape index (κ3) is 4.77. The molecule has 0 aliphatic rings. The van der Waals surface area contributed by atoms with Crippen molar-refractivity contribution in [2.24, 2.45) is 0 Å². The summed E-state index contributed by atoms with van der Waals surface area (Å²) in [5.74, 6) is 2.20. The zero-order chi connectivity index (χ0) is 23.6. The van der Waals surface area contributed by atoms with Crippen molar-refractivity contribution >= 4 is 10.9 Å². The number of hydrogen-bond donors (Lipinski definition) is 0. The first-order valence-electron chi connectivity index (χ1n) is 11.2. The van der Waals surface area contributed by atoms with Gasteiger partial charge >= 0.3 is 0 Å². The zero-order valence-corrected chi connectivity index (χ0v) is 19.9. The molecule has 0 fully saturated rings. The number of rotatable bonds is 6. The summed E-state index contributed by atoms with van der Waals surface area (Å²) in [6.45, 7) is 9.39. The van der Waals surface area contributed by atoms with E-state index in [9.17, 15) is 4.79 Å². The molecule has 0 saturated heterocycles. The zero-order valence-electron chi connectivity index (χ0n) is 19.9. The van der Waals surface area contributed by atoms with Crippen LogP contribution in [0.2, 0.25) is 0 Å². The van der Waals surface area contributed by atoms with Crippen LogP contribution in [0.15, 0.2) is 71.5 Å². The molecule has 0 N–H and O–H groups in total. The second-order valence-corrected chi connectivity index (χ2v) is 9.22. The Morgan fingerprint density at radius 1 is 0.970 bits per heavy atom. The Labute approximate surface area is 194 Å². The van der Waals surface area contributed by atoms with E-state index in [0.717, 1.165) is 22.6 Å². The molecule has 0 unspecified atom stereocenters. The fourth-order valence-corrected chi connectivity index (χ4v) is 3.86. The molecule has 0 bridgehead atoms. The number of methoxy groups -OCH3 is 1. The first kappa shape index (κ1) is 22.6. The normalized spacial score (nSPS) is 11.5. The maximum atomic E-state index is 13.4. The molecule has 5 heteroatoms. The minimum Gasteiger partial charge on any atom is -0.497 e. The average Bonchev–Trinajstić information content (AvgIpc) is 2.80. The molecule has 33 heavy (non-hydrogen) atoms. The number of aryl methyl sites for hydroxylation is 1. The fourth-order valence-electron chi connectivity index (χ4n) is 3.86. The number of nitrogens with zero attached hydrogens (tertiary/aromatic N) is 2. The van der Waals surface area contributed by atoms with E-state index in [-0.39, 0.29) is 11.0 Å². The maximum absolute atomic E-state index is 13.4. The standard InChI is InChI=1S/C28H30N2O3/c1-19-18-21(28(2,3)4)12-15-25(19)33-17-16-30-26(20-10-13-22(32-5)14-11-20)29-24-9-7-6-8-23(24)27(30)31/h6-15,18H,16-17H2,1-5H3. The van der Waals surface area contributed by atoms with Gasteiger partial charge in [-0.1, -0.05) is 45.0 Å². The Morgan fingerprint density at radius 3 is 2.36 bits per heavy atom. The molecule has 4 rings (SSSR count). The smallest absolute Gasteiger partial charge is 0.261 e. The van der Waals surface area contributed by atoms with Gasteiger partial charge in [0, 0.05) is 5.56 Å². The van der Waals surface area contributed by atoms with Crippen LogP contribution in [0.25, 0.3) is 22.3 Å². The summed E-state index contributed by atoms with van der Waals surface area (Å²) in [6, 6.07) is 21.3. The van der Waals surface area contributed by atoms with Crippen LogP contribution in [0.5, 0.6) is 11.5 Å². The predicted octanol–water partition coefficient (Wildman–Crippen LogP) is 5.76. The van der Waals surface area contributed by atoms with Crippen molar-refractivity contribution in [1.29, 1.82) is 0 Å². The van der Waals surface area contributed by atoms with Gasteiger partial charge in [-0.3, -0.25) is 9.36 Å². The van der Waals surface area contributed by atoms with Gasteiger partial charge < -0.3 is 9.47 Å². The molecule has 0 saturated carbocycles. The number of fused-ring (bicyclic) bond motifs is 1. The lowest BCUT2D eigenvalue weighted by molar-refractivity contribution is 0.295. The van der Waals surface area contributed by atoms with E-state index in [0.29, 0.717) is 29.9 Å². The van der Waals surface area contributed by atoms with E-state index in [4.69, 9.17) is 14.5 Å². The number of para-hydroxylation sites is 1. The molecule has 0 radical (unpaired) electrons. The Morgan fingerprint density at radius 2 is 1.70 bits per heavy atom. The summed E-state index contributed by atoms with van der Waals surface area (Å²) in [6.07, 6.45) is 0. The highest BCUT2D eigenvalue weighted by atomic mass is 16.5. The Balaban J connectivity index is 1.65. The minimum atomic E-state index is -0.0742. The van der Waals surface area contributed by atoms with Crippen molar-refractivity contribution in [2.75, 3.05) is 13.7 Å². The third-order valence-corrected chi connectivity index (χ3v) is 5.82. The van der Waals surface area contributed by atoms with E-state index >= 15 is 0 Å². The Kier molecular flexibility index (Phi) is 6.23. The van der Waals surface area contributed by atoms with Crippen molar-refractivity contribution in [2.45, 2.75) is 39.7 Å². The molecule has 170 valence electrons. The van der Waals surface area contributed by atoms with Gasteiger partial charge in [0.2, 0.25) is 0 Å². The molecule has 1 aromatic heterocycles. The van der Waals surface area contributed by atoms with Crippen molar-refractivity contribution < 1.29 is 9.47 Å². The first-order valence-corrected chi connectivity index (χ1v) is 11.2. The quantitative estimate of drug-likeness (QED) is 0.381. The molecule has 0 amide bonds. The van der Waals surface area contributed by atoms with Crippen LogP contribution in [0.1, 0.15) is 31.9 Å². The Hall–Kier alpha value is -3.60. The van der Waals surface area contributed by atoms with Gasteiger partial charge in [-0.05, 0) is 65.9 Å². The van der Waals surface area contributed by atoms with E-state index in [1.54, 1.807) is 11.7 Å². The lowest BCUT2D eigenvalue weighted by Gasteiger charge is -2.21. The van der Waals surface area contributed by atoms with Crippen molar-refractivity contribution in [1.82, 2.24) is 9.55 Å². The van der Waals surface area contributed by atoms with Gasteiger partial charge in [0.25, 0.3) is 5.56 Å². The summed E-state index contributed by atoms with van der Waals surface area (Å²) in [7, 11) is 1.63. The lowest BCUT2D eigenvalue weighted by Crippen LogP contribution is -2.26.